The molecule has 1 N–H and O–H groups in total. The molecule has 0 radical (unpaired) electrons. The molecule has 0 fully saturated rings. The summed E-state index contributed by atoms with van der Waals surface area (Å²) in [6.45, 7) is 8.83. The van der Waals surface area contributed by atoms with Gasteiger partial charge in [-0.15, -0.1) is 0 Å². The fraction of sp³-hybridized carbons (Fsp3) is 0.350. The van der Waals surface area contributed by atoms with Crippen LogP contribution in [0, 0.1) is 13.8 Å². The molecule has 2 aromatic rings. The second-order valence-electron chi connectivity index (χ2n) is 6.29. The number of aryl methyl sites for hydroxylation is 3. The van der Waals surface area contributed by atoms with Crippen LogP contribution in [0.3, 0.4) is 0 Å². The van der Waals surface area contributed by atoms with Crippen molar-refractivity contribution in [2.45, 2.75) is 27.7 Å². The van der Waals surface area contributed by atoms with E-state index in [1.165, 1.54) is 16.8 Å². The van der Waals surface area contributed by atoms with Gasteiger partial charge in [0.25, 0.3) is 17.4 Å². The summed E-state index contributed by atoms with van der Waals surface area (Å²) >= 11 is 0. The van der Waals surface area contributed by atoms with Gasteiger partial charge < -0.3 is 14.8 Å². The Bertz CT molecular complexity index is 896. The third kappa shape index (κ3) is 4.02. The number of hydrogen-bond donors (Lipinski definition) is 1. The highest BCUT2D eigenvalue weighted by Crippen LogP contribution is 2.13. The molecule has 2 rings (SSSR count). The first-order valence-corrected chi connectivity index (χ1v) is 8.67. The van der Waals surface area contributed by atoms with E-state index in [4.69, 9.17) is 0 Å². The van der Waals surface area contributed by atoms with Crippen molar-refractivity contribution < 1.29 is 9.59 Å². The third-order valence-corrected chi connectivity index (χ3v) is 4.50. The zero-order valence-electron chi connectivity index (χ0n) is 15.9. The van der Waals surface area contributed by atoms with E-state index in [9.17, 15) is 14.4 Å². The molecule has 6 heteroatoms. The number of anilines is 1. The largest absolute Gasteiger partial charge is 0.339 e. The van der Waals surface area contributed by atoms with Crippen LogP contribution >= 0.6 is 0 Å². The maximum Gasteiger partial charge on any atom is 0.274 e. The van der Waals surface area contributed by atoms with E-state index in [1.54, 1.807) is 24.1 Å². The maximum atomic E-state index is 12.6. The minimum absolute atomic E-state index is 0.0914. The summed E-state index contributed by atoms with van der Waals surface area (Å²) in [7, 11) is 1.56. The second-order valence-corrected chi connectivity index (χ2v) is 6.29. The Kier molecular flexibility index (Phi) is 5.97. The molecule has 0 spiro atoms. The summed E-state index contributed by atoms with van der Waals surface area (Å²) in [4.78, 5) is 39.1. The lowest BCUT2D eigenvalue weighted by Crippen LogP contribution is -2.32. The van der Waals surface area contributed by atoms with Gasteiger partial charge in [0.1, 0.15) is 5.69 Å². The fourth-order valence-corrected chi connectivity index (χ4v) is 2.69. The van der Waals surface area contributed by atoms with Crippen molar-refractivity contribution in [3.8, 4) is 0 Å². The van der Waals surface area contributed by atoms with Crippen LogP contribution < -0.4 is 10.9 Å². The van der Waals surface area contributed by atoms with Crippen molar-refractivity contribution in [3.05, 3.63) is 63.1 Å². The number of aromatic nitrogens is 1. The molecule has 0 unspecified atom stereocenters. The normalized spacial score (nSPS) is 10.5. The number of amides is 2. The smallest absolute Gasteiger partial charge is 0.274 e. The molecule has 138 valence electrons. The molecule has 26 heavy (non-hydrogen) atoms. The Morgan fingerprint density at radius 1 is 1.04 bits per heavy atom. The number of benzene rings is 1. The van der Waals surface area contributed by atoms with Crippen LogP contribution in [-0.2, 0) is 7.05 Å². The van der Waals surface area contributed by atoms with Crippen LogP contribution in [0.15, 0.2) is 35.3 Å². The Morgan fingerprint density at radius 2 is 1.69 bits per heavy atom. The molecule has 1 aromatic carbocycles. The van der Waals surface area contributed by atoms with Crippen molar-refractivity contribution in [2.24, 2.45) is 7.05 Å². The van der Waals surface area contributed by atoms with E-state index in [0.29, 0.717) is 24.2 Å². The second kappa shape index (κ2) is 7.99. The van der Waals surface area contributed by atoms with Crippen molar-refractivity contribution in [1.82, 2.24) is 9.47 Å². The maximum absolute atomic E-state index is 12.6. The first-order chi connectivity index (χ1) is 12.3. The van der Waals surface area contributed by atoms with Crippen LogP contribution in [0.2, 0.25) is 0 Å². The minimum atomic E-state index is -0.377. The zero-order chi connectivity index (χ0) is 19.4. The van der Waals surface area contributed by atoms with Gasteiger partial charge in [-0.3, -0.25) is 14.4 Å². The SMILES string of the molecule is CCN(CC)C(=O)c1cc(NC(=O)c2ccc(C)c(C)c2)c(=O)n(C)c1. The van der Waals surface area contributed by atoms with E-state index in [2.05, 4.69) is 5.32 Å². The molecule has 2 amide bonds. The van der Waals surface area contributed by atoms with E-state index >= 15 is 0 Å². The van der Waals surface area contributed by atoms with Gasteiger partial charge >= 0.3 is 0 Å². The van der Waals surface area contributed by atoms with Gasteiger partial charge in [-0.1, -0.05) is 6.07 Å². The molecule has 0 aliphatic heterocycles. The molecule has 1 aromatic heterocycles. The first-order valence-electron chi connectivity index (χ1n) is 8.67. The van der Waals surface area contributed by atoms with Crippen LogP contribution in [0.25, 0.3) is 0 Å². The van der Waals surface area contributed by atoms with Crippen LogP contribution in [0.4, 0.5) is 5.69 Å². The molecule has 0 saturated heterocycles. The number of hydrogen-bond acceptors (Lipinski definition) is 3. The van der Waals surface area contributed by atoms with Gasteiger partial charge in [0, 0.05) is 31.9 Å². The highest BCUT2D eigenvalue weighted by molar-refractivity contribution is 6.05. The average molecular weight is 355 g/mol. The predicted octanol–water partition coefficient (Wildman–Crippen LogP) is 2.74. The summed E-state index contributed by atoms with van der Waals surface area (Å²) in [5.41, 5.74) is 2.65. The molecular formula is C20H25N3O3. The van der Waals surface area contributed by atoms with Gasteiger partial charge in [-0.2, -0.15) is 0 Å². The van der Waals surface area contributed by atoms with Gasteiger partial charge in [-0.05, 0) is 57.0 Å². The molecule has 0 atom stereocenters. The van der Waals surface area contributed by atoms with Crippen LogP contribution in [-0.4, -0.2) is 34.4 Å². The summed E-state index contributed by atoms with van der Waals surface area (Å²) in [6.07, 6.45) is 1.49. The minimum Gasteiger partial charge on any atom is -0.339 e. The Labute approximate surface area is 153 Å². The molecule has 0 aliphatic rings. The van der Waals surface area contributed by atoms with Gasteiger partial charge in [0.15, 0.2) is 0 Å². The number of carbonyl (C=O) groups is 2. The first kappa shape index (κ1) is 19.4. The monoisotopic (exact) mass is 355 g/mol. The van der Waals surface area contributed by atoms with Gasteiger partial charge in [-0.25, -0.2) is 0 Å². The van der Waals surface area contributed by atoms with Crippen LogP contribution in [0.1, 0.15) is 45.7 Å². The molecular weight excluding hydrogens is 330 g/mol. The number of carbonyl (C=O) groups excluding carboxylic acids is 2. The molecule has 0 saturated carbocycles. The molecule has 6 nitrogen and oxygen atoms in total. The van der Waals surface area contributed by atoms with Crippen molar-refractivity contribution in [2.75, 3.05) is 18.4 Å². The van der Waals surface area contributed by atoms with Gasteiger partial charge in [0.05, 0.1) is 5.56 Å². The molecule has 1 heterocycles. The Hall–Kier alpha value is -2.89. The quantitative estimate of drug-likeness (QED) is 0.896. The van der Waals surface area contributed by atoms with Crippen molar-refractivity contribution in [1.29, 1.82) is 0 Å². The Morgan fingerprint density at radius 3 is 2.27 bits per heavy atom. The standard InChI is InChI=1S/C20H25N3O3/c1-6-23(7-2)19(25)16-11-17(20(26)22(5)12-16)21-18(24)15-9-8-13(3)14(4)10-15/h8-12H,6-7H2,1-5H3,(H,21,24). The molecule has 0 bridgehead atoms. The number of nitrogens with one attached hydrogen (secondary N) is 1. The van der Waals surface area contributed by atoms with E-state index in [0.717, 1.165) is 11.1 Å². The van der Waals surface area contributed by atoms with Crippen molar-refractivity contribution in [3.63, 3.8) is 0 Å². The summed E-state index contributed by atoms with van der Waals surface area (Å²) < 4.78 is 1.31. The van der Waals surface area contributed by atoms with Crippen LogP contribution in [0.5, 0.6) is 0 Å². The van der Waals surface area contributed by atoms with Gasteiger partial charge in [0.2, 0.25) is 0 Å². The topological polar surface area (TPSA) is 71.4 Å². The lowest BCUT2D eigenvalue weighted by Gasteiger charge is -2.19. The highest BCUT2D eigenvalue weighted by atomic mass is 16.2. The number of nitrogens with zero attached hydrogens (tertiary/aromatic N) is 2. The van der Waals surface area contributed by atoms with E-state index in [-0.39, 0.29) is 23.1 Å². The Balaban J connectivity index is 2.36. The fourth-order valence-electron chi connectivity index (χ4n) is 2.69. The average Bonchev–Trinajstić information content (AvgIpc) is 2.61. The summed E-state index contributed by atoms with van der Waals surface area (Å²) in [5, 5.41) is 2.64. The third-order valence-electron chi connectivity index (χ3n) is 4.50. The summed E-state index contributed by atoms with van der Waals surface area (Å²) in [6, 6.07) is 6.80. The number of rotatable bonds is 5. The lowest BCUT2D eigenvalue weighted by atomic mass is 10.1. The highest BCUT2D eigenvalue weighted by Gasteiger charge is 2.17. The molecule has 0 aliphatic carbocycles. The van der Waals surface area contributed by atoms with E-state index < -0.39 is 0 Å². The summed E-state index contributed by atoms with van der Waals surface area (Å²) in [5.74, 6) is -0.551. The lowest BCUT2D eigenvalue weighted by molar-refractivity contribution is 0.0771. The van der Waals surface area contributed by atoms with Crippen molar-refractivity contribution >= 4 is 17.5 Å². The zero-order valence-corrected chi connectivity index (χ0v) is 15.9. The number of pyridine rings is 1. The predicted molar refractivity (Wildman–Crippen MR) is 103 cm³/mol. The van der Waals surface area contributed by atoms with E-state index in [1.807, 2.05) is 33.8 Å².